The van der Waals surface area contributed by atoms with Crippen molar-refractivity contribution in [3.05, 3.63) is 70.8 Å². The lowest BCUT2D eigenvalue weighted by molar-refractivity contribution is -0.113. The van der Waals surface area contributed by atoms with Crippen molar-refractivity contribution in [3.63, 3.8) is 0 Å². The van der Waals surface area contributed by atoms with Crippen LogP contribution in [-0.4, -0.2) is 21.9 Å². The van der Waals surface area contributed by atoms with Crippen molar-refractivity contribution in [2.45, 2.75) is 32.7 Å². The van der Waals surface area contributed by atoms with Crippen molar-refractivity contribution in [2.75, 3.05) is 11.1 Å². The summed E-state index contributed by atoms with van der Waals surface area (Å²) >= 11 is 1.38. The van der Waals surface area contributed by atoms with Gasteiger partial charge in [-0.25, -0.2) is 0 Å². The average Bonchev–Trinajstić information content (AvgIpc) is 2.64. The lowest BCUT2D eigenvalue weighted by atomic mass is 10.0. The van der Waals surface area contributed by atoms with Crippen LogP contribution < -0.4 is 5.32 Å². The molecule has 0 aliphatic heterocycles. The van der Waals surface area contributed by atoms with E-state index in [0.29, 0.717) is 5.75 Å². The van der Waals surface area contributed by atoms with E-state index < -0.39 is 0 Å². The number of carbonyl (C=O) groups is 1. The predicted octanol–water partition coefficient (Wildman–Crippen LogP) is 5.11. The number of carbonyl (C=O) groups excluding carboxylic acids is 1. The van der Waals surface area contributed by atoms with Crippen molar-refractivity contribution in [2.24, 2.45) is 0 Å². The summed E-state index contributed by atoms with van der Waals surface area (Å²) < 4.78 is 0. The number of anilines is 1. The van der Waals surface area contributed by atoms with Gasteiger partial charge in [0, 0.05) is 11.3 Å². The van der Waals surface area contributed by atoms with E-state index in [0.717, 1.165) is 33.1 Å². The minimum absolute atomic E-state index is 0.0473. The molecule has 4 nitrogen and oxygen atoms in total. The minimum Gasteiger partial charge on any atom is -0.325 e. The van der Waals surface area contributed by atoms with Crippen molar-refractivity contribution in [3.8, 4) is 11.3 Å². The summed E-state index contributed by atoms with van der Waals surface area (Å²) in [5, 5.41) is 12.3. The van der Waals surface area contributed by atoms with Gasteiger partial charge in [0.1, 0.15) is 5.03 Å². The molecular weight excluding hydrogens is 354 g/mol. The molecule has 0 fully saturated rings. The Morgan fingerprint density at radius 3 is 2.33 bits per heavy atom. The molecule has 138 valence electrons. The van der Waals surface area contributed by atoms with Crippen molar-refractivity contribution >= 4 is 23.4 Å². The van der Waals surface area contributed by atoms with Crippen LogP contribution in [0.4, 0.5) is 5.69 Å². The number of nitrogens with one attached hydrogen (secondary N) is 1. The van der Waals surface area contributed by atoms with Crippen molar-refractivity contribution in [1.82, 2.24) is 10.2 Å². The van der Waals surface area contributed by atoms with Gasteiger partial charge in [-0.05, 0) is 62.6 Å². The smallest absolute Gasteiger partial charge is 0.234 e. The van der Waals surface area contributed by atoms with Gasteiger partial charge >= 0.3 is 0 Å². The molecule has 5 heteroatoms. The lowest BCUT2D eigenvalue weighted by Gasteiger charge is -2.09. The molecule has 1 amide bonds. The Kier molecular flexibility index (Phi) is 5.91. The summed E-state index contributed by atoms with van der Waals surface area (Å²) in [6, 6.07) is 16.2. The molecule has 0 bridgehead atoms. The first kappa shape index (κ1) is 19.1. The number of aryl methyl sites for hydroxylation is 4. The Morgan fingerprint density at radius 1 is 0.889 bits per heavy atom. The molecule has 3 rings (SSSR count). The molecule has 0 atom stereocenters. The first-order chi connectivity index (χ1) is 12.9. The highest BCUT2D eigenvalue weighted by Crippen LogP contribution is 2.24. The molecule has 1 N–H and O–H groups in total. The maximum atomic E-state index is 12.2. The number of hydrogen-bond donors (Lipinski definition) is 1. The molecule has 1 heterocycles. The first-order valence-corrected chi connectivity index (χ1v) is 9.82. The summed E-state index contributed by atoms with van der Waals surface area (Å²) in [4.78, 5) is 12.2. The second-order valence-electron chi connectivity index (χ2n) is 6.73. The van der Waals surface area contributed by atoms with Gasteiger partial charge in [-0.15, -0.1) is 10.2 Å². The monoisotopic (exact) mass is 377 g/mol. The summed E-state index contributed by atoms with van der Waals surface area (Å²) in [6.07, 6.45) is 0. The quantitative estimate of drug-likeness (QED) is 0.628. The SMILES string of the molecule is Cc1ccc(-c2ccc(SCC(=O)Nc3cc(C)ccc3C)nn2)c(C)c1. The van der Waals surface area contributed by atoms with Crippen LogP contribution in [0, 0.1) is 27.7 Å². The zero-order valence-corrected chi connectivity index (χ0v) is 16.9. The Bertz CT molecular complexity index is 968. The highest BCUT2D eigenvalue weighted by molar-refractivity contribution is 7.99. The van der Waals surface area contributed by atoms with E-state index in [1.165, 1.54) is 22.9 Å². The van der Waals surface area contributed by atoms with Gasteiger partial charge in [0.2, 0.25) is 5.91 Å². The Morgan fingerprint density at radius 2 is 1.63 bits per heavy atom. The molecule has 1 aromatic heterocycles. The zero-order valence-electron chi connectivity index (χ0n) is 16.0. The van der Waals surface area contributed by atoms with Gasteiger partial charge in [0.25, 0.3) is 0 Å². The predicted molar refractivity (Wildman–Crippen MR) is 112 cm³/mol. The van der Waals surface area contributed by atoms with E-state index in [4.69, 9.17) is 0 Å². The van der Waals surface area contributed by atoms with E-state index in [1.54, 1.807) is 0 Å². The lowest BCUT2D eigenvalue weighted by Crippen LogP contribution is -2.15. The largest absolute Gasteiger partial charge is 0.325 e. The van der Waals surface area contributed by atoms with Crippen LogP contribution >= 0.6 is 11.8 Å². The van der Waals surface area contributed by atoms with E-state index in [2.05, 4.69) is 47.6 Å². The Labute approximate surface area is 164 Å². The summed E-state index contributed by atoms with van der Waals surface area (Å²) in [5.41, 5.74) is 7.36. The number of rotatable bonds is 5. The molecule has 0 unspecified atom stereocenters. The third-order valence-corrected chi connectivity index (χ3v) is 5.24. The van der Waals surface area contributed by atoms with Crippen LogP contribution in [0.15, 0.2) is 53.6 Å². The fraction of sp³-hybridized carbons (Fsp3) is 0.227. The number of benzene rings is 2. The number of aromatic nitrogens is 2. The van der Waals surface area contributed by atoms with Crippen LogP contribution in [-0.2, 0) is 4.79 Å². The molecule has 3 aromatic rings. The first-order valence-electron chi connectivity index (χ1n) is 8.83. The normalized spacial score (nSPS) is 10.7. The Balaban J connectivity index is 1.61. The molecule has 0 aliphatic rings. The van der Waals surface area contributed by atoms with E-state index in [1.807, 2.05) is 44.2 Å². The van der Waals surface area contributed by atoms with Crippen molar-refractivity contribution in [1.29, 1.82) is 0 Å². The molecule has 0 saturated carbocycles. The van der Waals surface area contributed by atoms with Crippen LogP contribution in [0.2, 0.25) is 0 Å². The third-order valence-electron chi connectivity index (χ3n) is 4.32. The number of thioether (sulfide) groups is 1. The topological polar surface area (TPSA) is 54.9 Å². The van der Waals surface area contributed by atoms with Gasteiger partial charge in [0.15, 0.2) is 0 Å². The molecule has 0 saturated heterocycles. The van der Waals surface area contributed by atoms with E-state index >= 15 is 0 Å². The molecule has 27 heavy (non-hydrogen) atoms. The Hall–Kier alpha value is -2.66. The zero-order chi connectivity index (χ0) is 19.4. The molecule has 0 spiro atoms. The van der Waals surface area contributed by atoms with Crippen LogP contribution in [0.1, 0.15) is 22.3 Å². The third kappa shape index (κ3) is 4.95. The second-order valence-corrected chi connectivity index (χ2v) is 7.73. The molecular formula is C22H23N3OS. The highest BCUT2D eigenvalue weighted by atomic mass is 32.2. The van der Waals surface area contributed by atoms with Crippen LogP contribution in [0.25, 0.3) is 11.3 Å². The van der Waals surface area contributed by atoms with Gasteiger partial charge in [-0.1, -0.05) is 47.7 Å². The highest BCUT2D eigenvalue weighted by Gasteiger charge is 2.09. The number of nitrogens with zero attached hydrogens (tertiary/aromatic N) is 2. The van der Waals surface area contributed by atoms with Crippen LogP contribution in [0.5, 0.6) is 0 Å². The molecule has 0 aliphatic carbocycles. The fourth-order valence-electron chi connectivity index (χ4n) is 2.84. The summed E-state index contributed by atoms with van der Waals surface area (Å²) in [7, 11) is 0. The van der Waals surface area contributed by atoms with Gasteiger partial charge in [-0.2, -0.15) is 0 Å². The fourth-order valence-corrected chi connectivity index (χ4v) is 3.45. The molecule has 2 aromatic carbocycles. The van der Waals surface area contributed by atoms with Gasteiger partial charge < -0.3 is 5.32 Å². The van der Waals surface area contributed by atoms with E-state index in [9.17, 15) is 4.79 Å². The summed E-state index contributed by atoms with van der Waals surface area (Å²) in [5.74, 6) is 0.249. The number of amides is 1. The van der Waals surface area contributed by atoms with Gasteiger partial charge in [-0.3, -0.25) is 4.79 Å². The molecule has 0 radical (unpaired) electrons. The van der Waals surface area contributed by atoms with E-state index in [-0.39, 0.29) is 5.91 Å². The number of hydrogen-bond acceptors (Lipinski definition) is 4. The minimum atomic E-state index is -0.0473. The van der Waals surface area contributed by atoms with Crippen molar-refractivity contribution < 1.29 is 4.79 Å². The summed E-state index contributed by atoms with van der Waals surface area (Å²) in [6.45, 7) is 8.14. The second kappa shape index (κ2) is 8.35. The van der Waals surface area contributed by atoms with Gasteiger partial charge in [0.05, 0.1) is 11.4 Å². The maximum Gasteiger partial charge on any atom is 0.234 e. The average molecular weight is 378 g/mol. The van der Waals surface area contributed by atoms with Crippen LogP contribution in [0.3, 0.4) is 0 Å². The standard InChI is InChI=1S/C22H23N3OS/c1-14-6-8-18(17(4)11-14)19-9-10-22(25-24-19)27-13-21(26)23-20-12-15(2)5-7-16(20)3/h5-12H,13H2,1-4H3,(H,23,26). The maximum absolute atomic E-state index is 12.2.